The highest BCUT2D eigenvalue weighted by Crippen LogP contribution is 2.39. The van der Waals surface area contributed by atoms with E-state index in [1.54, 1.807) is 0 Å². The minimum absolute atomic E-state index is 0.0652. The average molecular weight is 372 g/mol. The lowest BCUT2D eigenvalue weighted by Crippen LogP contribution is -2.33. The van der Waals surface area contributed by atoms with E-state index in [4.69, 9.17) is 12.2 Å². The maximum Gasteiger partial charge on any atom is 0.170 e. The third-order valence-corrected chi connectivity index (χ3v) is 5.23. The maximum absolute atomic E-state index is 5.72. The Kier molecular flexibility index (Phi) is 5.94. The Bertz CT molecular complexity index is 725. The van der Waals surface area contributed by atoms with Crippen LogP contribution in [-0.2, 0) is 0 Å². The molecular formula is C20H29N5S. The molecular weight excluding hydrogens is 342 g/mol. The smallest absolute Gasteiger partial charge is 0.170 e. The molecule has 1 aliphatic heterocycles. The summed E-state index contributed by atoms with van der Waals surface area (Å²) in [6.45, 7) is 6.42. The Morgan fingerprint density at radius 1 is 1.23 bits per heavy atom. The number of nitrogens with zero attached hydrogens (tertiary/aromatic N) is 4. The van der Waals surface area contributed by atoms with Gasteiger partial charge in [0.1, 0.15) is 0 Å². The fraction of sp³-hybridized carbons (Fsp3) is 0.500. The van der Waals surface area contributed by atoms with Crippen molar-refractivity contribution in [3.05, 3.63) is 54.1 Å². The first kappa shape index (κ1) is 18.9. The molecule has 0 aliphatic carbocycles. The molecule has 2 atom stereocenters. The van der Waals surface area contributed by atoms with Crippen molar-refractivity contribution < 1.29 is 0 Å². The van der Waals surface area contributed by atoms with Gasteiger partial charge >= 0.3 is 0 Å². The number of nitrogens with one attached hydrogen (secondary N) is 1. The van der Waals surface area contributed by atoms with E-state index in [0.29, 0.717) is 6.04 Å². The van der Waals surface area contributed by atoms with Crippen molar-refractivity contribution in [1.82, 2.24) is 24.7 Å². The summed E-state index contributed by atoms with van der Waals surface area (Å²) >= 11 is 5.72. The fourth-order valence-electron chi connectivity index (χ4n) is 3.65. The first-order valence-corrected chi connectivity index (χ1v) is 9.69. The minimum atomic E-state index is 0.0652. The van der Waals surface area contributed by atoms with E-state index in [9.17, 15) is 0 Å². The highest BCUT2D eigenvalue weighted by atomic mass is 32.1. The number of hydrogen-bond donors (Lipinski definition) is 1. The Morgan fingerprint density at radius 2 is 2.04 bits per heavy atom. The van der Waals surface area contributed by atoms with Crippen LogP contribution in [0.25, 0.3) is 0 Å². The van der Waals surface area contributed by atoms with Crippen molar-refractivity contribution in [3.8, 4) is 0 Å². The SMILES string of the molecule is CC(C)n1cccc1[C@H]1[C@H](c2ccccn2)NC(=S)N1CCCN(C)C. The van der Waals surface area contributed by atoms with Gasteiger partial charge in [-0.15, -0.1) is 0 Å². The molecule has 0 aromatic carbocycles. The van der Waals surface area contributed by atoms with Crippen LogP contribution in [0.1, 0.15) is 49.8 Å². The normalized spacial score (nSPS) is 20.2. The van der Waals surface area contributed by atoms with Crippen LogP contribution in [0.3, 0.4) is 0 Å². The van der Waals surface area contributed by atoms with Gasteiger partial charge in [-0.1, -0.05) is 6.07 Å². The number of thiocarbonyl (C=S) groups is 1. The predicted octanol–water partition coefficient (Wildman–Crippen LogP) is 3.39. The molecule has 1 aliphatic rings. The van der Waals surface area contributed by atoms with E-state index in [0.717, 1.165) is 30.3 Å². The first-order valence-electron chi connectivity index (χ1n) is 9.28. The van der Waals surface area contributed by atoms with Gasteiger partial charge in [0.2, 0.25) is 0 Å². The lowest BCUT2D eigenvalue weighted by atomic mass is 10.0. The highest BCUT2D eigenvalue weighted by molar-refractivity contribution is 7.80. The largest absolute Gasteiger partial charge is 0.352 e. The van der Waals surface area contributed by atoms with Gasteiger partial charge in [0.15, 0.2) is 5.11 Å². The van der Waals surface area contributed by atoms with E-state index < -0.39 is 0 Å². The van der Waals surface area contributed by atoms with Gasteiger partial charge in [-0.25, -0.2) is 0 Å². The summed E-state index contributed by atoms with van der Waals surface area (Å²) in [6, 6.07) is 11.0. The topological polar surface area (TPSA) is 36.3 Å². The third kappa shape index (κ3) is 3.91. The van der Waals surface area contributed by atoms with E-state index in [-0.39, 0.29) is 12.1 Å². The van der Waals surface area contributed by atoms with Crippen LogP contribution < -0.4 is 5.32 Å². The summed E-state index contributed by atoms with van der Waals surface area (Å²) in [5.74, 6) is 0. The third-order valence-electron chi connectivity index (χ3n) is 4.87. The van der Waals surface area contributed by atoms with Crippen LogP contribution in [0.15, 0.2) is 42.7 Å². The van der Waals surface area contributed by atoms with Gasteiger partial charge in [0.25, 0.3) is 0 Å². The Morgan fingerprint density at radius 3 is 2.69 bits per heavy atom. The zero-order chi connectivity index (χ0) is 18.7. The van der Waals surface area contributed by atoms with Gasteiger partial charge in [0, 0.05) is 30.7 Å². The lowest BCUT2D eigenvalue weighted by Gasteiger charge is -2.30. The quantitative estimate of drug-likeness (QED) is 0.755. The molecule has 0 unspecified atom stereocenters. The second kappa shape index (κ2) is 8.18. The van der Waals surface area contributed by atoms with Crippen LogP contribution in [0.5, 0.6) is 0 Å². The summed E-state index contributed by atoms with van der Waals surface area (Å²) in [5.41, 5.74) is 2.32. The second-order valence-corrected chi connectivity index (χ2v) is 7.80. The molecule has 3 heterocycles. The maximum atomic E-state index is 5.72. The van der Waals surface area contributed by atoms with Crippen molar-refractivity contribution in [2.75, 3.05) is 27.2 Å². The average Bonchev–Trinajstić information content (AvgIpc) is 3.20. The second-order valence-electron chi connectivity index (χ2n) is 7.41. The predicted molar refractivity (Wildman–Crippen MR) is 110 cm³/mol. The molecule has 26 heavy (non-hydrogen) atoms. The molecule has 2 aromatic heterocycles. The molecule has 6 heteroatoms. The van der Waals surface area contributed by atoms with Gasteiger partial charge in [-0.3, -0.25) is 4.98 Å². The van der Waals surface area contributed by atoms with Crippen LogP contribution in [0.4, 0.5) is 0 Å². The van der Waals surface area contributed by atoms with Crippen molar-refractivity contribution in [2.45, 2.75) is 38.4 Å². The van der Waals surface area contributed by atoms with E-state index in [1.807, 2.05) is 18.3 Å². The van der Waals surface area contributed by atoms with Crippen molar-refractivity contribution in [2.24, 2.45) is 0 Å². The highest BCUT2D eigenvalue weighted by Gasteiger charge is 2.40. The summed E-state index contributed by atoms with van der Waals surface area (Å²) in [6.07, 6.45) is 5.09. The summed E-state index contributed by atoms with van der Waals surface area (Å²) in [5, 5.41) is 4.35. The zero-order valence-electron chi connectivity index (χ0n) is 16.1. The van der Waals surface area contributed by atoms with Crippen LogP contribution in [-0.4, -0.2) is 51.6 Å². The summed E-state index contributed by atoms with van der Waals surface area (Å²) < 4.78 is 2.34. The Balaban J connectivity index is 1.95. The molecule has 140 valence electrons. The molecule has 0 bridgehead atoms. The van der Waals surface area contributed by atoms with Gasteiger partial charge in [-0.2, -0.15) is 0 Å². The number of pyridine rings is 1. The van der Waals surface area contributed by atoms with Crippen molar-refractivity contribution >= 4 is 17.3 Å². The minimum Gasteiger partial charge on any atom is -0.352 e. The van der Waals surface area contributed by atoms with Crippen LogP contribution >= 0.6 is 12.2 Å². The van der Waals surface area contributed by atoms with Gasteiger partial charge < -0.3 is 19.7 Å². The Labute approximate surface area is 162 Å². The van der Waals surface area contributed by atoms with E-state index in [2.05, 4.69) is 77.0 Å². The fourth-order valence-corrected chi connectivity index (χ4v) is 3.98. The van der Waals surface area contributed by atoms with Crippen molar-refractivity contribution in [1.29, 1.82) is 0 Å². The molecule has 2 aromatic rings. The van der Waals surface area contributed by atoms with Crippen molar-refractivity contribution in [3.63, 3.8) is 0 Å². The molecule has 1 N–H and O–H groups in total. The summed E-state index contributed by atoms with van der Waals surface area (Å²) in [4.78, 5) is 9.16. The molecule has 0 amide bonds. The molecule has 1 saturated heterocycles. The van der Waals surface area contributed by atoms with E-state index in [1.165, 1.54) is 5.69 Å². The monoisotopic (exact) mass is 371 g/mol. The number of rotatable bonds is 7. The molecule has 0 spiro atoms. The first-order chi connectivity index (χ1) is 12.5. The molecule has 0 saturated carbocycles. The number of hydrogen-bond acceptors (Lipinski definition) is 3. The lowest BCUT2D eigenvalue weighted by molar-refractivity contribution is 0.280. The van der Waals surface area contributed by atoms with Gasteiger partial charge in [-0.05, 0) is 77.4 Å². The summed E-state index contributed by atoms with van der Waals surface area (Å²) in [7, 11) is 4.22. The Hall–Kier alpha value is -1.92. The standard InChI is InChI=1S/C20H29N5S/c1-15(2)24-13-7-10-17(24)19-18(16-9-5-6-11-21-16)22-20(26)25(19)14-8-12-23(3)4/h5-7,9-11,13,15,18-19H,8,12,14H2,1-4H3,(H,22,26)/t18-,19-/m0/s1. The molecule has 5 nitrogen and oxygen atoms in total. The zero-order valence-corrected chi connectivity index (χ0v) is 16.9. The van der Waals surface area contributed by atoms with Crippen LogP contribution in [0, 0.1) is 0 Å². The van der Waals surface area contributed by atoms with E-state index >= 15 is 0 Å². The molecule has 1 fully saturated rings. The van der Waals surface area contributed by atoms with Crippen LogP contribution in [0.2, 0.25) is 0 Å². The number of aromatic nitrogens is 2. The molecule has 0 radical (unpaired) electrons. The van der Waals surface area contributed by atoms with Gasteiger partial charge in [0.05, 0.1) is 17.8 Å². The molecule has 3 rings (SSSR count).